The van der Waals surface area contributed by atoms with Gasteiger partial charge in [-0.15, -0.1) is 0 Å². The number of halogens is 1. The van der Waals surface area contributed by atoms with Gasteiger partial charge < -0.3 is 19.5 Å². The predicted molar refractivity (Wildman–Crippen MR) is 106 cm³/mol. The standard InChI is InChI=1S/C18H21ClN2O6S/c1-11(18(22)20-13-6-8-14(25-2)16(10-13)27-4)21-28(23,24)17-9-12(19)5-7-15(17)26-3/h5-11,21H,1-4H3,(H,20,22)/t11-/m0/s1. The normalized spacial score (nSPS) is 12.2. The number of ether oxygens (including phenoxy) is 3. The van der Waals surface area contributed by atoms with Gasteiger partial charge in [-0.05, 0) is 37.3 Å². The van der Waals surface area contributed by atoms with E-state index in [1.807, 2.05) is 0 Å². The van der Waals surface area contributed by atoms with E-state index < -0.39 is 22.0 Å². The van der Waals surface area contributed by atoms with Crippen molar-refractivity contribution in [3.05, 3.63) is 41.4 Å². The number of amides is 1. The van der Waals surface area contributed by atoms with E-state index in [9.17, 15) is 13.2 Å². The molecule has 0 aliphatic carbocycles. The molecule has 0 saturated carbocycles. The Balaban J connectivity index is 2.17. The Hall–Kier alpha value is -2.49. The van der Waals surface area contributed by atoms with Gasteiger partial charge in [0, 0.05) is 16.8 Å². The lowest BCUT2D eigenvalue weighted by Crippen LogP contribution is -2.41. The third-order valence-corrected chi connectivity index (χ3v) is 5.59. The Morgan fingerprint density at radius 2 is 1.57 bits per heavy atom. The third kappa shape index (κ3) is 5.06. The van der Waals surface area contributed by atoms with Gasteiger partial charge >= 0.3 is 0 Å². The molecule has 1 amide bonds. The second kappa shape index (κ2) is 9.13. The SMILES string of the molecule is COc1ccc(NC(=O)[C@H](C)NS(=O)(=O)c2cc(Cl)ccc2OC)cc1OC. The molecule has 2 aromatic carbocycles. The number of anilines is 1. The van der Waals surface area contributed by atoms with E-state index in [-0.39, 0.29) is 15.7 Å². The second-order valence-electron chi connectivity index (χ2n) is 5.70. The van der Waals surface area contributed by atoms with E-state index in [0.29, 0.717) is 17.2 Å². The summed E-state index contributed by atoms with van der Waals surface area (Å²) < 4.78 is 43.0. The van der Waals surface area contributed by atoms with Gasteiger partial charge in [-0.25, -0.2) is 8.42 Å². The highest BCUT2D eigenvalue weighted by molar-refractivity contribution is 7.89. The fraction of sp³-hybridized carbons (Fsp3) is 0.278. The second-order valence-corrected chi connectivity index (χ2v) is 7.82. The van der Waals surface area contributed by atoms with E-state index in [0.717, 1.165) is 0 Å². The first-order valence-corrected chi connectivity index (χ1v) is 9.96. The lowest BCUT2D eigenvalue weighted by atomic mass is 10.2. The zero-order chi connectivity index (χ0) is 20.9. The molecular weight excluding hydrogens is 408 g/mol. The van der Waals surface area contributed by atoms with E-state index in [1.54, 1.807) is 18.2 Å². The molecule has 0 unspecified atom stereocenters. The van der Waals surface area contributed by atoms with Gasteiger partial charge in [0.25, 0.3) is 0 Å². The summed E-state index contributed by atoms with van der Waals surface area (Å²) >= 11 is 5.89. The van der Waals surface area contributed by atoms with Gasteiger partial charge in [-0.3, -0.25) is 4.79 Å². The fourth-order valence-electron chi connectivity index (χ4n) is 2.37. The maximum Gasteiger partial charge on any atom is 0.245 e. The zero-order valence-electron chi connectivity index (χ0n) is 15.8. The smallest absolute Gasteiger partial charge is 0.245 e. The van der Waals surface area contributed by atoms with Gasteiger partial charge in [0.05, 0.1) is 27.4 Å². The van der Waals surface area contributed by atoms with Gasteiger partial charge in [0.1, 0.15) is 10.6 Å². The first kappa shape index (κ1) is 21.8. The molecule has 2 rings (SSSR count). The van der Waals surface area contributed by atoms with Crippen LogP contribution in [0.25, 0.3) is 0 Å². The largest absolute Gasteiger partial charge is 0.495 e. The van der Waals surface area contributed by atoms with Crippen molar-refractivity contribution in [3.63, 3.8) is 0 Å². The molecule has 0 saturated heterocycles. The molecule has 0 aliphatic rings. The quantitative estimate of drug-likeness (QED) is 0.670. The average molecular weight is 429 g/mol. The Kier molecular flexibility index (Phi) is 7.11. The van der Waals surface area contributed by atoms with Gasteiger partial charge in [0.2, 0.25) is 15.9 Å². The number of benzene rings is 2. The van der Waals surface area contributed by atoms with Crippen LogP contribution in [0.2, 0.25) is 5.02 Å². The summed E-state index contributed by atoms with van der Waals surface area (Å²) in [5, 5.41) is 2.85. The number of methoxy groups -OCH3 is 3. The molecule has 0 fully saturated rings. The minimum atomic E-state index is -4.05. The topological polar surface area (TPSA) is 103 Å². The first-order chi connectivity index (χ1) is 13.2. The molecule has 0 bridgehead atoms. The van der Waals surface area contributed by atoms with Crippen LogP contribution < -0.4 is 24.2 Å². The molecule has 0 aliphatic heterocycles. The maximum absolute atomic E-state index is 12.6. The highest BCUT2D eigenvalue weighted by atomic mass is 35.5. The molecule has 8 nitrogen and oxygen atoms in total. The number of sulfonamides is 1. The molecule has 10 heteroatoms. The molecule has 0 radical (unpaired) electrons. The number of hydrogen-bond acceptors (Lipinski definition) is 6. The van der Waals surface area contributed by atoms with Gasteiger partial charge in [-0.2, -0.15) is 4.72 Å². The van der Waals surface area contributed by atoms with Crippen LogP contribution in [0.3, 0.4) is 0 Å². The summed E-state index contributed by atoms with van der Waals surface area (Å²) in [4.78, 5) is 12.3. The molecule has 1 atom stereocenters. The average Bonchev–Trinajstić information content (AvgIpc) is 2.67. The lowest BCUT2D eigenvalue weighted by molar-refractivity contribution is -0.117. The number of carbonyl (C=O) groups is 1. The predicted octanol–water partition coefficient (Wildman–Crippen LogP) is 2.67. The van der Waals surface area contributed by atoms with Crippen molar-refractivity contribution >= 4 is 33.2 Å². The van der Waals surface area contributed by atoms with Crippen molar-refractivity contribution in [2.75, 3.05) is 26.6 Å². The Morgan fingerprint density at radius 3 is 2.18 bits per heavy atom. The number of carbonyl (C=O) groups excluding carboxylic acids is 1. The maximum atomic E-state index is 12.6. The van der Waals surface area contributed by atoms with Crippen molar-refractivity contribution in [2.45, 2.75) is 17.9 Å². The van der Waals surface area contributed by atoms with Crippen LogP contribution in [-0.4, -0.2) is 41.7 Å². The van der Waals surface area contributed by atoms with E-state index in [4.69, 9.17) is 25.8 Å². The molecule has 0 heterocycles. The van der Waals surface area contributed by atoms with Gasteiger partial charge in [-0.1, -0.05) is 11.6 Å². The van der Waals surface area contributed by atoms with Gasteiger partial charge in [0.15, 0.2) is 11.5 Å². The Morgan fingerprint density at radius 1 is 0.964 bits per heavy atom. The fourth-order valence-corrected chi connectivity index (χ4v) is 4.01. The van der Waals surface area contributed by atoms with Crippen LogP contribution >= 0.6 is 11.6 Å². The molecule has 0 spiro atoms. The van der Waals surface area contributed by atoms with Crippen molar-refractivity contribution in [1.29, 1.82) is 0 Å². The molecule has 0 aromatic heterocycles. The van der Waals surface area contributed by atoms with E-state index >= 15 is 0 Å². The molecule has 2 N–H and O–H groups in total. The summed E-state index contributed by atoms with van der Waals surface area (Å²) in [7, 11) is 0.260. The highest BCUT2D eigenvalue weighted by Gasteiger charge is 2.25. The van der Waals surface area contributed by atoms with E-state index in [1.165, 1.54) is 46.5 Å². The number of hydrogen-bond donors (Lipinski definition) is 2. The van der Waals surface area contributed by atoms with E-state index in [2.05, 4.69) is 10.0 Å². The van der Waals surface area contributed by atoms with Crippen LogP contribution in [0.1, 0.15) is 6.92 Å². The summed E-state index contributed by atoms with van der Waals surface area (Å²) in [5.74, 6) is 0.487. The van der Waals surface area contributed by atoms with Crippen LogP contribution in [-0.2, 0) is 14.8 Å². The van der Waals surface area contributed by atoms with Crippen LogP contribution in [0.15, 0.2) is 41.3 Å². The van der Waals surface area contributed by atoms with Crippen LogP contribution in [0, 0.1) is 0 Å². The molecule has 152 valence electrons. The Labute approximate surface area is 168 Å². The number of rotatable bonds is 8. The molecule has 2 aromatic rings. The minimum absolute atomic E-state index is 0.115. The Bertz CT molecular complexity index is 965. The summed E-state index contributed by atoms with van der Waals surface area (Å²) in [6.45, 7) is 1.42. The summed E-state index contributed by atoms with van der Waals surface area (Å²) in [5.41, 5.74) is 0.425. The monoisotopic (exact) mass is 428 g/mol. The summed E-state index contributed by atoms with van der Waals surface area (Å²) in [6.07, 6.45) is 0. The van der Waals surface area contributed by atoms with Crippen LogP contribution in [0.4, 0.5) is 5.69 Å². The highest BCUT2D eigenvalue weighted by Crippen LogP contribution is 2.30. The molecular formula is C18H21ClN2O6S. The minimum Gasteiger partial charge on any atom is -0.495 e. The zero-order valence-corrected chi connectivity index (χ0v) is 17.3. The van der Waals surface area contributed by atoms with Crippen molar-refractivity contribution in [2.24, 2.45) is 0 Å². The van der Waals surface area contributed by atoms with Crippen molar-refractivity contribution < 1.29 is 27.4 Å². The van der Waals surface area contributed by atoms with Crippen LogP contribution in [0.5, 0.6) is 17.2 Å². The first-order valence-electron chi connectivity index (χ1n) is 8.10. The van der Waals surface area contributed by atoms with Crippen molar-refractivity contribution in [1.82, 2.24) is 4.72 Å². The lowest BCUT2D eigenvalue weighted by Gasteiger charge is -2.17. The number of nitrogens with one attached hydrogen (secondary N) is 2. The van der Waals surface area contributed by atoms with Crippen molar-refractivity contribution in [3.8, 4) is 17.2 Å². The summed E-state index contributed by atoms with van der Waals surface area (Å²) in [6, 6.07) is 7.93. The molecule has 28 heavy (non-hydrogen) atoms. The third-order valence-electron chi connectivity index (χ3n) is 3.79.